The number of sulfonamides is 1. The first kappa shape index (κ1) is 18.8. The molecule has 3 rings (SSSR count). The van der Waals surface area contributed by atoms with Gasteiger partial charge < -0.3 is 4.74 Å². The highest BCUT2D eigenvalue weighted by Crippen LogP contribution is 2.15. The Bertz CT molecular complexity index is 988. The van der Waals surface area contributed by atoms with Crippen LogP contribution in [0.5, 0.6) is 5.75 Å². The smallest absolute Gasteiger partial charge is 0.234 e. The summed E-state index contributed by atoms with van der Waals surface area (Å²) in [6.07, 6.45) is 3.28. The average Bonchev–Trinajstić information content (AvgIpc) is 2.71. The second-order valence-electron chi connectivity index (χ2n) is 5.84. The Kier molecular flexibility index (Phi) is 6.35. The van der Waals surface area contributed by atoms with Crippen LogP contribution in [-0.2, 0) is 23.2 Å². The van der Waals surface area contributed by atoms with Gasteiger partial charge in [-0.1, -0.05) is 48.5 Å². The molecule has 1 N–H and O–H groups in total. The summed E-state index contributed by atoms with van der Waals surface area (Å²) in [6, 6.07) is 22.2. The molecule has 27 heavy (non-hydrogen) atoms. The average molecular weight is 380 g/mol. The maximum Gasteiger partial charge on any atom is 0.234 e. The second-order valence-corrected chi connectivity index (χ2v) is 7.49. The van der Waals surface area contributed by atoms with Crippen LogP contribution in [0.1, 0.15) is 16.8 Å². The first-order valence-corrected chi connectivity index (χ1v) is 10.00. The van der Waals surface area contributed by atoms with Gasteiger partial charge >= 0.3 is 0 Å². The van der Waals surface area contributed by atoms with Gasteiger partial charge in [0.2, 0.25) is 10.0 Å². The lowest BCUT2D eigenvalue weighted by atomic mass is 10.2. The number of benzene rings is 2. The van der Waals surface area contributed by atoms with E-state index in [1.54, 1.807) is 12.3 Å². The Hall–Kier alpha value is -2.96. The predicted molar refractivity (Wildman–Crippen MR) is 106 cm³/mol. The zero-order chi connectivity index (χ0) is 19.0. The minimum Gasteiger partial charge on any atom is -0.487 e. The highest BCUT2D eigenvalue weighted by Gasteiger charge is 2.06. The van der Waals surface area contributed by atoms with E-state index in [9.17, 15) is 8.42 Å². The molecule has 0 spiro atoms. The molecule has 0 atom stereocenters. The SMILES string of the molecule is O=S(=O)(/C=C/c1ccccc1)NCc1cccc(OCc2ccccn2)c1. The van der Waals surface area contributed by atoms with E-state index >= 15 is 0 Å². The maximum absolute atomic E-state index is 12.1. The van der Waals surface area contributed by atoms with Crippen LogP contribution in [0, 0.1) is 0 Å². The van der Waals surface area contributed by atoms with Gasteiger partial charge in [-0.2, -0.15) is 0 Å². The molecule has 1 heterocycles. The van der Waals surface area contributed by atoms with Crippen molar-refractivity contribution in [3.05, 3.63) is 101 Å². The van der Waals surface area contributed by atoms with Crippen molar-refractivity contribution in [2.75, 3.05) is 0 Å². The van der Waals surface area contributed by atoms with Crippen LogP contribution in [0.3, 0.4) is 0 Å². The first-order valence-electron chi connectivity index (χ1n) is 8.45. The summed E-state index contributed by atoms with van der Waals surface area (Å²) in [5, 5.41) is 1.17. The molecule has 0 unspecified atom stereocenters. The van der Waals surface area contributed by atoms with E-state index in [1.165, 1.54) is 5.41 Å². The summed E-state index contributed by atoms with van der Waals surface area (Å²) < 4.78 is 32.6. The molecule has 0 aliphatic heterocycles. The van der Waals surface area contributed by atoms with Gasteiger partial charge in [-0.3, -0.25) is 4.98 Å². The number of pyridine rings is 1. The van der Waals surface area contributed by atoms with Crippen LogP contribution in [0.25, 0.3) is 6.08 Å². The first-order chi connectivity index (χ1) is 13.1. The molecular weight excluding hydrogens is 360 g/mol. The molecule has 0 bridgehead atoms. The van der Waals surface area contributed by atoms with Gasteiger partial charge in [0.1, 0.15) is 12.4 Å². The molecule has 1 aromatic heterocycles. The van der Waals surface area contributed by atoms with E-state index in [-0.39, 0.29) is 6.54 Å². The summed E-state index contributed by atoms with van der Waals surface area (Å²) in [6.45, 7) is 0.540. The number of nitrogens with zero attached hydrogens (tertiary/aromatic N) is 1. The fourth-order valence-corrected chi connectivity index (χ4v) is 3.15. The van der Waals surface area contributed by atoms with Crippen molar-refractivity contribution in [3.63, 3.8) is 0 Å². The van der Waals surface area contributed by atoms with Crippen LogP contribution in [0.15, 0.2) is 84.4 Å². The van der Waals surface area contributed by atoms with Gasteiger partial charge in [-0.25, -0.2) is 13.1 Å². The van der Waals surface area contributed by atoms with Crippen LogP contribution in [0.4, 0.5) is 0 Å². The Labute approximate surface area is 159 Å². The zero-order valence-electron chi connectivity index (χ0n) is 14.7. The van der Waals surface area contributed by atoms with E-state index in [0.717, 1.165) is 16.8 Å². The molecule has 0 aliphatic rings. The third kappa shape index (κ3) is 6.36. The molecule has 5 nitrogen and oxygen atoms in total. The van der Waals surface area contributed by atoms with Crippen molar-refractivity contribution < 1.29 is 13.2 Å². The van der Waals surface area contributed by atoms with Crippen molar-refractivity contribution in [2.45, 2.75) is 13.2 Å². The largest absolute Gasteiger partial charge is 0.487 e. The Morgan fingerprint density at radius 3 is 2.56 bits per heavy atom. The van der Waals surface area contributed by atoms with Gasteiger partial charge in [-0.05, 0) is 41.5 Å². The normalized spacial score (nSPS) is 11.6. The van der Waals surface area contributed by atoms with Gasteiger partial charge in [-0.15, -0.1) is 0 Å². The van der Waals surface area contributed by atoms with Gasteiger partial charge in [0.25, 0.3) is 0 Å². The van der Waals surface area contributed by atoms with Crippen molar-refractivity contribution in [1.82, 2.24) is 9.71 Å². The molecule has 2 aromatic carbocycles. The number of rotatable bonds is 8. The molecule has 0 amide bonds. The molecule has 138 valence electrons. The molecule has 0 radical (unpaired) electrons. The highest BCUT2D eigenvalue weighted by atomic mass is 32.2. The molecule has 0 saturated heterocycles. The number of aromatic nitrogens is 1. The van der Waals surface area contributed by atoms with Crippen molar-refractivity contribution >= 4 is 16.1 Å². The predicted octanol–water partition coefficient (Wildman–Crippen LogP) is 3.75. The lowest BCUT2D eigenvalue weighted by Gasteiger charge is -2.08. The number of nitrogens with one attached hydrogen (secondary N) is 1. The van der Waals surface area contributed by atoms with E-state index in [4.69, 9.17) is 4.74 Å². The van der Waals surface area contributed by atoms with Gasteiger partial charge in [0.15, 0.2) is 0 Å². The molecule has 6 heteroatoms. The number of ether oxygens (including phenoxy) is 1. The van der Waals surface area contributed by atoms with E-state index in [0.29, 0.717) is 12.4 Å². The molecule has 0 saturated carbocycles. The Morgan fingerprint density at radius 2 is 1.78 bits per heavy atom. The Balaban J connectivity index is 1.56. The quantitative estimate of drug-likeness (QED) is 0.646. The van der Waals surface area contributed by atoms with Gasteiger partial charge in [0.05, 0.1) is 5.69 Å². The lowest BCUT2D eigenvalue weighted by Crippen LogP contribution is -2.20. The minimum absolute atomic E-state index is 0.183. The van der Waals surface area contributed by atoms with Crippen LogP contribution >= 0.6 is 0 Å². The topological polar surface area (TPSA) is 68.3 Å². The summed E-state index contributed by atoms with van der Waals surface area (Å²) in [7, 11) is -3.53. The molecular formula is C21H20N2O3S. The van der Waals surface area contributed by atoms with Crippen LogP contribution in [0.2, 0.25) is 0 Å². The van der Waals surface area contributed by atoms with E-state index in [1.807, 2.05) is 72.8 Å². The van der Waals surface area contributed by atoms with Crippen LogP contribution in [-0.4, -0.2) is 13.4 Å². The highest BCUT2D eigenvalue weighted by molar-refractivity contribution is 7.92. The summed E-state index contributed by atoms with van der Waals surface area (Å²) >= 11 is 0. The second kappa shape index (κ2) is 9.12. The molecule has 3 aromatic rings. The Morgan fingerprint density at radius 1 is 0.963 bits per heavy atom. The third-order valence-electron chi connectivity index (χ3n) is 3.73. The minimum atomic E-state index is -3.53. The van der Waals surface area contributed by atoms with Gasteiger partial charge in [0, 0.05) is 18.1 Å². The molecule has 0 aliphatic carbocycles. The summed E-state index contributed by atoms with van der Waals surface area (Å²) in [5.74, 6) is 0.664. The summed E-state index contributed by atoms with van der Waals surface area (Å²) in [4.78, 5) is 4.21. The number of hydrogen-bond acceptors (Lipinski definition) is 4. The standard InChI is InChI=1S/C21H20N2O3S/c24-27(25,14-12-18-7-2-1-3-8-18)23-16-19-9-6-11-21(15-19)26-17-20-10-4-5-13-22-20/h1-15,23H,16-17H2/b14-12+. The van der Waals surface area contributed by atoms with Crippen LogP contribution < -0.4 is 9.46 Å². The number of hydrogen-bond donors (Lipinski definition) is 1. The maximum atomic E-state index is 12.1. The third-order valence-corrected chi connectivity index (χ3v) is 4.77. The fourth-order valence-electron chi connectivity index (χ4n) is 2.35. The van der Waals surface area contributed by atoms with Crippen molar-refractivity contribution in [3.8, 4) is 5.75 Å². The monoisotopic (exact) mass is 380 g/mol. The van der Waals surface area contributed by atoms with Crippen molar-refractivity contribution in [1.29, 1.82) is 0 Å². The van der Waals surface area contributed by atoms with E-state index < -0.39 is 10.0 Å². The molecule has 0 fully saturated rings. The zero-order valence-corrected chi connectivity index (χ0v) is 15.5. The van der Waals surface area contributed by atoms with Crippen molar-refractivity contribution in [2.24, 2.45) is 0 Å². The fraction of sp³-hybridized carbons (Fsp3) is 0.0952. The summed E-state index contributed by atoms with van der Waals surface area (Å²) in [5.41, 5.74) is 2.47. The lowest BCUT2D eigenvalue weighted by molar-refractivity contribution is 0.301. The van der Waals surface area contributed by atoms with E-state index in [2.05, 4.69) is 9.71 Å².